The van der Waals surface area contributed by atoms with E-state index in [0.29, 0.717) is 41.8 Å². The lowest BCUT2D eigenvalue weighted by Crippen LogP contribution is -2.51. The molecule has 1 aliphatic heterocycles. The van der Waals surface area contributed by atoms with Gasteiger partial charge in [-0.3, -0.25) is 4.79 Å². The number of benzene rings is 3. The molecule has 0 aromatic heterocycles. The molecule has 1 fully saturated rings. The van der Waals surface area contributed by atoms with Gasteiger partial charge in [-0.2, -0.15) is 4.31 Å². The number of halogens is 3. The first-order valence-corrected chi connectivity index (χ1v) is 14.0. The molecule has 1 amide bonds. The number of rotatable bonds is 7. The average Bonchev–Trinajstić information content (AvgIpc) is 2.85. The molecule has 6 nitrogen and oxygen atoms in total. The molecule has 184 valence electrons. The van der Waals surface area contributed by atoms with Gasteiger partial charge in [-0.05, 0) is 54.1 Å². The Labute approximate surface area is 224 Å². The van der Waals surface area contributed by atoms with Crippen molar-refractivity contribution in [2.24, 2.45) is 0 Å². The van der Waals surface area contributed by atoms with Gasteiger partial charge in [0.15, 0.2) is 0 Å². The molecular formula is C25H24BrCl2N3O3S. The monoisotopic (exact) mass is 595 g/mol. The lowest BCUT2D eigenvalue weighted by atomic mass is 10.2. The molecule has 0 unspecified atom stereocenters. The lowest BCUT2D eigenvalue weighted by Gasteiger charge is -2.37. The first-order valence-electron chi connectivity index (χ1n) is 11.0. The van der Waals surface area contributed by atoms with E-state index in [-0.39, 0.29) is 23.9 Å². The molecule has 35 heavy (non-hydrogen) atoms. The van der Waals surface area contributed by atoms with Gasteiger partial charge in [-0.1, -0.05) is 63.4 Å². The number of piperazine rings is 1. The van der Waals surface area contributed by atoms with E-state index in [1.54, 1.807) is 41.3 Å². The smallest absolute Gasteiger partial charge is 0.243 e. The number of sulfonamides is 1. The van der Waals surface area contributed by atoms with Gasteiger partial charge in [0.05, 0.1) is 11.4 Å². The molecule has 1 saturated heterocycles. The molecule has 0 aliphatic carbocycles. The van der Waals surface area contributed by atoms with Crippen molar-refractivity contribution in [3.63, 3.8) is 0 Å². The normalized spacial score (nSPS) is 14.4. The van der Waals surface area contributed by atoms with E-state index in [9.17, 15) is 13.2 Å². The second kappa shape index (κ2) is 11.3. The molecule has 0 bridgehead atoms. The second-order valence-electron chi connectivity index (χ2n) is 8.17. The highest BCUT2D eigenvalue weighted by Crippen LogP contribution is 2.25. The van der Waals surface area contributed by atoms with E-state index in [1.165, 1.54) is 16.4 Å². The number of hydrogen-bond acceptors (Lipinski definition) is 4. The van der Waals surface area contributed by atoms with Crippen molar-refractivity contribution < 1.29 is 13.2 Å². The summed E-state index contributed by atoms with van der Waals surface area (Å²) in [5.74, 6) is -0.247. The number of amides is 1. The van der Waals surface area contributed by atoms with E-state index >= 15 is 0 Å². The van der Waals surface area contributed by atoms with Crippen LogP contribution in [0.3, 0.4) is 0 Å². The summed E-state index contributed by atoms with van der Waals surface area (Å²) < 4.78 is 29.0. The third kappa shape index (κ3) is 6.37. The quantitative estimate of drug-likeness (QED) is 0.372. The predicted molar refractivity (Wildman–Crippen MR) is 143 cm³/mol. The third-order valence-corrected chi connectivity index (χ3v) is 8.81. The molecule has 0 saturated carbocycles. The van der Waals surface area contributed by atoms with Gasteiger partial charge in [0.25, 0.3) is 0 Å². The molecule has 3 aromatic carbocycles. The molecule has 1 heterocycles. The van der Waals surface area contributed by atoms with Gasteiger partial charge in [0.2, 0.25) is 15.9 Å². The summed E-state index contributed by atoms with van der Waals surface area (Å²) in [5, 5.41) is 1.11. The number of nitrogens with zero attached hydrogens (tertiary/aromatic N) is 3. The number of carbonyl (C=O) groups excluding carboxylic acids is 1. The Kier molecular flexibility index (Phi) is 8.39. The van der Waals surface area contributed by atoms with Gasteiger partial charge in [0, 0.05) is 52.9 Å². The number of hydrogen-bond donors (Lipinski definition) is 0. The summed E-state index contributed by atoms with van der Waals surface area (Å²) in [6, 6.07) is 21.0. The first kappa shape index (κ1) is 26.0. The third-order valence-electron chi connectivity index (χ3n) is 5.87. The summed E-state index contributed by atoms with van der Waals surface area (Å²) in [6.45, 7) is 1.96. The highest BCUT2D eigenvalue weighted by atomic mass is 79.9. The van der Waals surface area contributed by atoms with E-state index < -0.39 is 10.0 Å². The Morgan fingerprint density at radius 1 is 0.914 bits per heavy atom. The zero-order valence-electron chi connectivity index (χ0n) is 18.8. The summed E-state index contributed by atoms with van der Waals surface area (Å²) in [7, 11) is -3.94. The largest absolute Gasteiger partial charge is 0.368 e. The van der Waals surface area contributed by atoms with Gasteiger partial charge in [-0.15, -0.1) is 0 Å². The minimum atomic E-state index is -3.94. The van der Waals surface area contributed by atoms with E-state index in [0.717, 1.165) is 10.2 Å². The summed E-state index contributed by atoms with van der Waals surface area (Å²) in [5.41, 5.74) is 1.64. The van der Waals surface area contributed by atoms with Crippen LogP contribution < -0.4 is 4.90 Å². The minimum absolute atomic E-state index is 0.00765. The van der Waals surface area contributed by atoms with Crippen molar-refractivity contribution in [2.75, 3.05) is 37.6 Å². The predicted octanol–water partition coefficient (Wildman–Crippen LogP) is 5.30. The summed E-state index contributed by atoms with van der Waals surface area (Å²) in [4.78, 5) is 17.2. The Hall–Kier alpha value is -2.10. The van der Waals surface area contributed by atoms with Crippen molar-refractivity contribution >= 4 is 60.7 Å². The Bertz CT molecular complexity index is 1300. The molecule has 3 aromatic rings. The van der Waals surface area contributed by atoms with Crippen LogP contribution in [-0.2, 0) is 21.4 Å². The topological polar surface area (TPSA) is 60.9 Å². The van der Waals surface area contributed by atoms with Gasteiger partial charge in [-0.25, -0.2) is 8.42 Å². The van der Waals surface area contributed by atoms with Crippen LogP contribution in [0.15, 0.2) is 82.2 Å². The maximum atomic E-state index is 13.5. The SMILES string of the molecule is O=C(CN(Cc1ccccc1Cl)S(=O)(=O)c1ccc(Br)cc1)N1CCN(c2cccc(Cl)c2)CC1. The summed E-state index contributed by atoms with van der Waals surface area (Å²) >= 11 is 15.8. The fraction of sp³-hybridized carbons (Fsp3) is 0.240. The van der Waals surface area contributed by atoms with Crippen LogP contribution in [0.1, 0.15) is 5.56 Å². The van der Waals surface area contributed by atoms with Crippen molar-refractivity contribution in [3.05, 3.63) is 92.9 Å². The van der Waals surface area contributed by atoms with Crippen LogP contribution in [0, 0.1) is 0 Å². The van der Waals surface area contributed by atoms with Gasteiger partial charge >= 0.3 is 0 Å². The highest BCUT2D eigenvalue weighted by molar-refractivity contribution is 9.10. The maximum Gasteiger partial charge on any atom is 0.243 e. The zero-order valence-corrected chi connectivity index (χ0v) is 22.7. The van der Waals surface area contributed by atoms with E-state index in [2.05, 4.69) is 20.8 Å². The molecule has 0 radical (unpaired) electrons. The Morgan fingerprint density at radius 2 is 1.60 bits per heavy atom. The average molecular weight is 597 g/mol. The van der Waals surface area contributed by atoms with Crippen LogP contribution in [0.25, 0.3) is 0 Å². The van der Waals surface area contributed by atoms with Crippen molar-refractivity contribution in [1.29, 1.82) is 0 Å². The fourth-order valence-electron chi connectivity index (χ4n) is 3.94. The summed E-state index contributed by atoms with van der Waals surface area (Å²) in [6.07, 6.45) is 0. The minimum Gasteiger partial charge on any atom is -0.368 e. The second-order valence-corrected chi connectivity index (χ2v) is 11.9. The van der Waals surface area contributed by atoms with Crippen LogP contribution >= 0.6 is 39.1 Å². The van der Waals surface area contributed by atoms with E-state index in [4.69, 9.17) is 23.2 Å². The Morgan fingerprint density at radius 3 is 2.26 bits per heavy atom. The molecule has 0 spiro atoms. The molecule has 1 aliphatic rings. The molecular weight excluding hydrogens is 573 g/mol. The number of anilines is 1. The first-order chi connectivity index (χ1) is 16.7. The standard InChI is InChI=1S/C25H24BrCl2N3O3S/c26-20-8-10-23(11-9-20)35(33,34)31(17-19-4-1-2-7-24(19)28)18-25(32)30-14-12-29(13-15-30)22-6-3-5-21(27)16-22/h1-11,16H,12-15,17-18H2. The molecule has 4 rings (SSSR count). The van der Waals surface area contributed by atoms with Crippen LogP contribution in [-0.4, -0.2) is 56.3 Å². The van der Waals surface area contributed by atoms with Crippen molar-refractivity contribution in [3.8, 4) is 0 Å². The van der Waals surface area contributed by atoms with Crippen molar-refractivity contribution in [1.82, 2.24) is 9.21 Å². The molecule has 10 heteroatoms. The number of carbonyl (C=O) groups is 1. The highest BCUT2D eigenvalue weighted by Gasteiger charge is 2.30. The van der Waals surface area contributed by atoms with Crippen LogP contribution in [0.5, 0.6) is 0 Å². The van der Waals surface area contributed by atoms with Gasteiger partial charge in [0.1, 0.15) is 0 Å². The van der Waals surface area contributed by atoms with Crippen LogP contribution in [0.4, 0.5) is 5.69 Å². The lowest BCUT2D eigenvalue weighted by molar-refractivity contribution is -0.131. The zero-order chi connectivity index (χ0) is 25.0. The molecule has 0 atom stereocenters. The Balaban J connectivity index is 1.51. The van der Waals surface area contributed by atoms with Crippen LogP contribution in [0.2, 0.25) is 10.0 Å². The van der Waals surface area contributed by atoms with Gasteiger partial charge < -0.3 is 9.80 Å². The maximum absolute atomic E-state index is 13.5. The van der Waals surface area contributed by atoms with Crippen molar-refractivity contribution in [2.45, 2.75) is 11.4 Å². The molecule has 0 N–H and O–H groups in total. The van der Waals surface area contributed by atoms with E-state index in [1.807, 2.05) is 24.3 Å². The fourth-order valence-corrected chi connectivity index (χ4v) is 5.95.